The Hall–Kier alpha value is -0.960. The van der Waals surface area contributed by atoms with Gasteiger partial charge in [0, 0.05) is 11.8 Å². The molecular formula is C8H12N2O. The Kier molecular flexibility index (Phi) is 1.58. The predicted molar refractivity (Wildman–Crippen MR) is 42.7 cm³/mol. The summed E-state index contributed by atoms with van der Waals surface area (Å²) >= 11 is 0. The molecule has 0 bridgehead atoms. The van der Waals surface area contributed by atoms with Crippen LogP contribution in [0.15, 0.2) is 12.3 Å². The molecule has 3 heteroatoms. The predicted octanol–water partition coefficient (Wildman–Crippen LogP) is 0.382. The van der Waals surface area contributed by atoms with E-state index in [4.69, 9.17) is 10.5 Å². The summed E-state index contributed by atoms with van der Waals surface area (Å²) in [6.07, 6.45) is 2.98. The summed E-state index contributed by atoms with van der Waals surface area (Å²) in [5.41, 5.74) is 6.69. The van der Waals surface area contributed by atoms with Crippen LogP contribution in [0.25, 0.3) is 0 Å². The first-order valence-corrected chi connectivity index (χ1v) is 3.92. The molecule has 0 aromatic carbocycles. The summed E-state index contributed by atoms with van der Waals surface area (Å²) in [5.74, 6) is 1.02. The second-order valence-corrected chi connectivity index (χ2v) is 2.73. The molecule has 0 radical (unpaired) electrons. The van der Waals surface area contributed by atoms with Gasteiger partial charge in [-0.05, 0) is 19.0 Å². The smallest absolute Gasteiger partial charge is 0.196 e. The second kappa shape index (κ2) is 2.58. The molecule has 1 aliphatic rings. The van der Waals surface area contributed by atoms with Gasteiger partial charge in [-0.15, -0.1) is 0 Å². The Morgan fingerprint density at radius 1 is 1.64 bits per heavy atom. The summed E-state index contributed by atoms with van der Waals surface area (Å²) in [4.78, 5) is 0. The zero-order valence-corrected chi connectivity index (χ0v) is 6.42. The molecule has 3 nitrogen and oxygen atoms in total. The monoisotopic (exact) mass is 152 g/mol. The van der Waals surface area contributed by atoms with Crippen LogP contribution in [0.1, 0.15) is 5.56 Å². The molecule has 1 aromatic rings. The number of hydrogen-bond donors (Lipinski definition) is 1. The highest BCUT2D eigenvalue weighted by Gasteiger charge is 2.14. The summed E-state index contributed by atoms with van der Waals surface area (Å²) in [6, 6.07) is 2.08. The van der Waals surface area contributed by atoms with Gasteiger partial charge in [-0.2, -0.15) is 0 Å². The van der Waals surface area contributed by atoms with Gasteiger partial charge in [-0.3, -0.25) is 0 Å². The van der Waals surface area contributed by atoms with Crippen molar-refractivity contribution in [2.75, 3.05) is 13.2 Å². The van der Waals surface area contributed by atoms with Crippen LogP contribution in [-0.2, 0) is 13.0 Å². The molecule has 1 aromatic heterocycles. The third-order valence-electron chi connectivity index (χ3n) is 1.98. The first-order valence-electron chi connectivity index (χ1n) is 3.92. The SMILES string of the molecule is NCCc1ccn2c1OCC2. The number of aromatic nitrogens is 1. The van der Waals surface area contributed by atoms with Gasteiger partial charge in [-0.1, -0.05) is 0 Å². The van der Waals surface area contributed by atoms with Crippen molar-refractivity contribution >= 4 is 0 Å². The fourth-order valence-corrected chi connectivity index (χ4v) is 1.44. The van der Waals surface area contributed by atoms with E-state index in [-0.39, 0.29) is 0 Å². The highest BCUT2D eigenvalue weighted by atomic mass is 16.5. The van der Waals surface area contributed by atoms with Crippen LogP contribution < -0.4 is 10.5 Å². The normalized spacial score (nSPS) is 14.6. The highest BCUT2D eigenvalue weighted by Crippen LogP contribution is 2.24. The van der Waals surface area contributed by atoms with Crippen molar-refractivity contribution in [3.63, 3.8) is 0 Å². The van der Waals surface area contributed by atoms with Gasteiger partial charge in [0.2, 0.25) is 0 Å². The van der Waals surface area contributed by atoms with E-state index in [1.807, 2.05) is 0 Å². The molecule has 0 amide bonds. The van der Waals surface area contributed by atoms with Crippen LogP contribution in [0.3, 0.4) is 0 Å². The number of fused-ring (bicyclic) bond motifs is 1. The molecule has 0 aliphatic carbocycles. The Morgan fingerprint density at radius 3 is 3.36 bits per heavy atom. The molecule has 0 saturated carbocycles. The van der Waals surface area contributed by atoms with Crippen molar-refractivity contribution in [2.24, 2.45) is 5.73 Å². The van der Waals surface area contributed by atoms with Crippen LogP contribution in [-0.4, -0.2) is 17.7 Å². The van der Waals surface area contributed by atoms with Crippen LogP contribution in [0, 0.1) is 0 Å². The zero-order chi connectivity index (χ0) is 7.68. The van der Waals surface area contributed by atoms with Gasteiger partial charge >= 0.3 is 0 Å². The number of ether oxygens (including phenoxy) is 1. The van der Waals surface area contributed by atoms with E-state index in [9.17, 15) is 0 Å². The maximum absolute atomic E-state index is 5.45. The van der Waals surface area contributed by atoms with E-state index in [1.165, 1.54) is 5.56 Å². The largest absolute Gasteiger partial charge is 0.477 e. The van der Waals surface area contributed by atoms with Gasteiger partial charge in [-0.25, -0.2) is 0 Å². The summed E-state index contributed by atoms with van der Waals surface area (Å²) < 4.78 is 7.56. The fraction of sp³-hybridized carbons (Fsp3) is 0.500. The Labute approximate surface area is 65.8 Å². The van der Waals surface area contributed by atoms with Crippen molar-refractivity contribution in [3.05, 3.63) is 17.8 Å². The minimum Gasteiger partial charge on any atom is -0.477 e. The standard InChI is InChI=1S/C8H12N2O/c9-3-1-7-2-4-10-5-6-11-8(7)10/h2,4H,1,3,5-6,9H2. The molecular weight excluding hydrogens is 140 g/mol. The molecule has 0 fully saturated rings. The van der Waals surface area contributed by atoms with Crippen LogP contribution in [0.5, 0.6) is 5.88 Å². The molecule has 2 N–H and O–H groups in total. The van der Waals surface area contributed by atoms with Crippen LogP contribution >= 0.6 is 0 Å². The molecule has 0 saturated heterocycles. The quantitative estimate of drug-likeness (QED) is 0.665. The summed E-state index contributed by atoms with van der Waals surface area (Å²) in [7, 11) is 0. The van der Waals surface area contributed by atoms with Gasteiger partial charge in [0.15, 0.2) is 5.88 Å². The fourth-order valence-electron chi connectivity index (χ4n) is 1.44. The average Bonchev–Trinajstić information content (AvgIpc) is 2.53. The van der Waals surface area contributed by atoms with E-state index in [1.54, 1.807) is 0 Å². The minimum absolute atomic E-state index is 0.695. The Bertz CT molecular complexity index is 255. The molecule has 2 heterocycles. The molecule has 0 unspecified atom stereocenters. The Morgan fingerprint density at radius 2 is 2.55 bits per heavy atom. The third-order valence-corrected chi connectivity index (χ3v) is 1.98. The molecule has 0 spiro atoms. The van der Waals surface area contributed by atoms with E-state index >= 15 is 0 Å². The topological polar surface area (TPSA) is 40.2 Å². The third kappa shape index (κ3) is 1.01. The van der Waals surface area contributed by atoms with Crippen LogP contribution in [0.4, 0.5) is 0 Å². The maximum Gasteiger partial charge on any atom is 0.196 e. The molecule has 2 rings (SSSR count). The molecule has 60 valence electrons. The number of rotatable bonds is 2. The molecule has 0 atom stereocenters. The van der Waals surface area contributed by atoms with Crippen LogP contribution in [0.2, 0.25) is 0 Å². The lowest BCUT2D eigenvalue weighted by Gasteiger charge is -1.98. The number of nitrogens with zero attached hydrogens (tertiary/aromatic N) is 1. The highest BCUT2D eigenvalue weighted by molar-refractivity contribution is 5.30. The van der Waals surface area contributed by atoms with Gasteiger partial charge in [0.05, 0.1) is 6.54 Å². The zero-order valence-electron chi connectivity index (χ0n) is 6.42. The van der Waals surface area contributed by atoms with Crippen molar-refractivity contribution in [1.29, 1.82) is 0 Å². The molecule has 1 aliphatic heterocycles. The van der Waals surface area contributed by atoms with Crippen molar-refractivity contribution in [2.45, 2.75) is 13.0 Å². The summed E-state index contributed by atoms with van der Waals surface area (Å²) in [5, 5.41) is 0. The lowest BCUT2D eigenvalue weighted by molar-refractivity contribution is 0.353. The maximum atomic E-state index is 5.45. The summed E-state index contributed by atoms with van der Waals surface area (Å²) in [6.45, 7) is 2.49. The number of hydrogen-bond acceptors (Lipinski definition) is 2. The van der Waals surface area contributed by atoms with E-state index in [0.717, 1.165) is 25.5 Å². The van der Waals surface area contributed by atoms with Crippen molar-refractivity contribution in [1.82, 2.24) is 4.57 Å². The average molecular weight is 152 g/mol. The van der Waals surface area contributed by atoms with Crippen molar-refractivity contribution < 1.29 is 4.74 Å². The first-order chi connectivity index (χ1) is 5.42. The number of nitrogens with two attached hydrogens (primary N) is 1. The first kappa shape index (κ1) is 6.73. The van der Waals surface area contributed by atoms with E-state index < -0.39 is 0 Å². The second-order valence-electron chi connectivity index (χ2n) is 2.73. The lowest BCUT2D eigenvalue weighted by atomic mass is 10.2. The van der Waals surface area contributed by atoms with Gasteiger partial charge in [0.25, 0.3) is 0 Å². The minimum atomic E-state index is 0.695. The Balaban J connectivity index is 2.27. The van der Waals surface area contributed by atoms with Gasteiger partial charge in [0.1, 0.15) is 6.61 Å². The lowest BCUT2D eigenvalue weighted by Crippen LogP contribution is -2.02. The van der Waals surface area contributed by atoms with E-state index in [0.29, 0.717) is 6.54 Å². The molecule has 11 heavy (non-hydrogen) atoms. The van der Waals surface area contributed by atoms with E-state index in [2.05, 4.69) is 16.8 Å². The van der Waals surface area contributed by atoms with Crippen molar-refractivity contribution in [3.8, 4) is 5.88 Å². The van der Waals surface area contributed by atoms with Gasteiger partial charge < -0.3 is 15.0 Å².